The van der Waals surface area contributed by atoms with E-state index in [0.717, 1.165) is 25.7 Å². The van der Waals surface area contributed by atoms with Crippen LogP contribution in [0.2, 0.25) is 0 Å². The summed E-state index contributed by atoms with van der Waals surface area (Å²) in [6.07, 6.45) is 4.22. The maximum absolute atomic E-state index is 12.0. The molecule has 1 saturated carbocycles. The van der Waals surface area contributed by atoms with Gasteiger partial charge in [-0.25, -0.2) is 0 Å². The van der Waals surface area contributed by atoms with Gasteiger partial charge in [-0.05, 0) is 25.7 Å². The van der Waals surface area contributed by atoms with Gasteiger partial charge in [0.25, 0.3) is 0 Å². The van der Waals surface area contributed by atoms with Crippen LogP contribution in [0.5, 0.6) is 0 Å². The van der Waals surface area contributed by atoms with Crippen LogP contribution in [0.25, 0.3) is 0 Å². The Morgan fingerprint density at radius 3 is 2.29 bits per heavy atom. The molecule has 1 fully saturated rings. The van der Waals surface area contributed by atoms with E-state index >= 15 is 0 Å². The van der Waals surface area contributed by atoms with Crippen molar-refractivity contribution in [2.24, 2.45) is 5.73 Å². The van der Waals surface area contributed by atoms with Crippen molar-refractivity contribution < 1.29 is 4.79 Å². The number of carbonyl (C=O) groups is 1. The van der Waals surface area contributed by atoms with E-state index in [2.05, 4.69) is 20.8 Å². The first-order valence-electron chi connectivity index (χ1n) is 6.45. The number of hydrogen-bond acceptors (Lipinski definition) is 3. The minimum atomic E-state index is 0.158. The van der Waals surface area contributed by atoms with Gasteiger partial charge in [-0.3, -0.25) is 4.79 Å². The fourth-order valence-corrected chi connectivity index (χ4v) is 2.83. The molecule has 2 N–H and O–H groups in total. The number of hydrogen-bond donors (Lipinski definition) is 1. The third-order valence-electron chi connectivity index (χ3n) is 3.31. The largest absolute Gasteiger partial charge is 0.342 e. The fourth-order valence-electron chi connectivity index (χ4n) is 2.07. The van der Waals surface area contributed by atoms with Crippen molar-refractivity contribution >= 4 is 17.7 Å². The molecule has 1 aliphatic carbocycles. The maximum Gasteiger partial charge on any atom is 0.232 e. The zero-order valence-corrected chi connectivity index (χ0v) is 12.3. The van der Waals surface area contributed by atoms with E-state index in [0.29, 0.717) is 17.8 Å². The smallest absolute Gasteiger partial charge is 0.232 e. The highest BCUT2D eigenvalue weighted by molar-refractivity contribution is 8.01. The van der Waals surface area contributed by atoms with Crippen molar-refractivity contribution in [1.29, 1.82) is 0 Å². The Morgan fingerprint density at radius 2 is 1.82 bits per heavy atom. The highest BCUT2D eigenvalue weighted by Crippen LogP contribution is 2.25. The summed E-state index contributed by atoms with van der Waals surface area (Å²) in [5.41, 5.74) is 5.88. The van der Waals surface area contributed by atoms with Crippen LogP contribution in [0.3, 0.4) is 0 Å². The molecule has 0 aliphatic heterocycles. The molecule has 0 atom stereocenters. The molecule has 0 aromatic carbocycles. The monoisotopic (exact) mass is 258 g/mol. The van der Waals surface area contributed by atoms with Gasteiger partial charge in [-0.1, -0.05) is 20.8 Å². The van der Waals surface area contributed by atoms with Gasteiger partial charge in [-0.2, -0.15) is 0 Å². The molecule has 1 rings (SSSR count). The van der Waals surface area contributed by atoms with Crippen LogP contribution in [0, 0.1) is 0 Å². The summed E-state index contributed by atoms with van der Waals surface area (Å²) >= 11 is 1.72. The lowest BCUT2D eigenvalue weighted by Gasteiger charge is -2.34. The summed E-state index contributed by atoms with van der Waals surface area (Å²) in [7, 11) is 1.94. The number of nitrogens with two attached hydrogens (primary N) is 1. The van der Waals surface area contributed by atoms with Crippen LogP contribution in [0.15, 0.2) is 0 Å². The van der Waals surface area contributed by atoms with Gasteiger partial charge < -0.3 is 10.6 Å². The molecule has 0 unspecified atom stereocenters. The zero-order chi connectivity index (χ0) is 13.1. The Balaban J connectivity index is 2.36. The van der Waals surface area contributed by atoms with E-state index in [1.165, 1.54) is 0 Å². The van der Waals surface area contributed by atoms with Crippen LogP contribution in [-0.2, 0) is 4.79 Å². The molecule has 0 radical (unpaired) electrons. The lowest BCUT2D eigenvalue weighted by atomic mass is 9.91. The first kappa shape index (κ1) is 14.8. The van der Waals surface area contributed by atoms with Crippen molar-refractivity contribution in [1.82, 2.24) is 4.90 Å². The van der Waals surface area contributed by atoms with Gasteiger partial charge in [0.05, 0.1) is 5.75 Å². The van der Waals surface area contributed by atoms with E-state index in [1.54, 1.807) is 11.8 Å². The standard InChI is InChI=1S/C13H26N2OS/c1-13(2,3)17-9-12(16)15(4)11-7-5-10(14)6-8-11/h10-11H,5-9,14H2,1-4H3. The summed E-state index contributed by atoms with van der Waals surface area (Å²) in [5, 5.41) is 0. The average molecular weight is 258 g/mol. The second kappa shape index (κ2) is 6.10. The van der Waals surface area contributed by atoms with E-state index in [1.807, 2.05) is 11.9 Å². The van der Waals surface area contributed by atoms with E-state index in [-0.39, 0.29) is 10.7 Å². The summed E-state index contributed by atoms with van der Waals surface area (Å²) in [6, 6.07) is 0.751. The van der Waals surface area contributed by atoms with Crippen LogP contribution in [-0.4, -0.2) is 40.4 Å². The van der Waals surface area contributed by atoms with Crippen LogP contribution in [0.4, 0.5) is 0 Å². The van der Waals surface area contributed by atoms with Crippen LogP contribution in [0.1, 0.15) is 46.5 Å². The minimum absolute atomic E-state index is 0.158. The maximum atomic E-state index is 12.0. The molecule has 0 aromatic heterocycles. The second-order valence-electron chi connectivity index (χ2n) is 5.97. The van der Waals surface area contributed by atoms with Crippen LogP contribution >= 0.6 is 11.8 Å². The topological polar surface area (TPSA) is 46.3 Å². The quantitative estimate of drug-likeness (QED) is 0.844. The number of thioether (sulfide) groups is 1. The summed E-state index contributed by atoms with van der Waals surface area (Å²) < 4.78 is 0.158. The Labute approximate surface area is 109 Å². The molecule has 1 amide bonds. The van der Waals surface area contributed by atoms with Gasteiger partial charge >= 0.3 is 0 Å². The van der Waals surface area contributed by atoms with Gasteiger partial charge in [0, 0.05) is 23.9 Å². The van der Waals surface area contributed by atoms with Crippen LogP contribution < -0.4 is 5.73 Å². The molecule has 0 bridgehead atoms. The first-order chi connectivity index (χ1) is 7.79. The molecule has 4 heteroatoms. The van der Waals surface area contributed by atoms with E-state index in [9.17, 15) is 4.79 Å². The van der Waals surface area contributed by atoms with Gasteiger partial charge in [-0.15, -0.1) is 11.8 Å². The summed E-state index contributed by atoms with van der Waals surface area (Å²) in [6.45, 7) is 6.43. The van der Waals surface area contributed by atoms with E-state index in [4.69, 9.17) is 5.73 Å². The Kier molecular flexibility index (Phi) is 5.32. The lowest BCUT2D eigenvalue weighted by molar-refractivity contribution is -0.129. The van der Waals surface area contributed by atoms with Gasteiger partial charge in [0.1, 0.15) is 0 Å². The Bertz CT molecular complexity index is 255. The number of amides is 1. The Hall–Kier alpha value is -0.220. The molecule has 0 aromatic rings. The van der Waals surface area contributed by atoms with Crippen molar-refractivity contribution in [2.45, 2.75) is 63.3 Å². The van der Waals surface area contributed by atoms with Crippen molar-refractivity contribution in [3.8, 4) is 0 Å². The molecule has 1 aliphatic rings. The molecule has 17 heavy (non-hydrogen) atoms. The van der Waals surface area contributed by atoms with Gasteiger partial charge in [0.2, 0.25) is 5.91 Å². The minimum Gasteiger partial charge on any atom is -0.342 e. The molecular weight excluding hydrogens is 232 g/mol. The predicted octanol–water partition coefficient (Wildman–Crippen LogP) is 2.25. The van der Waals surface area contributed by atoms with Crippen molar-refractivity contribution in [2.75, 3.05) is 12.8 Å². The SMILES string of the molecule is CN(C(=O)CSC(C)(C)C)C1CCC(N)CC1. The lowest BCUT2D eigenvalue weighted by Crippen LogP contribution is -2.42. The summed E-state index contributed by atoms with van der Waals surface area (Å²) in [4.78, 5) is 14.0. The number of rotatable bonds is 3. The third kappa shape index (κ3) is 5.30. The highest BCUT2D eigenvalue weighted by atomic mass is 32.2. The molecule has 0 heterocycles. The summed E-state index contributed by atoms with van der Waals surface area (Å²) in [5.74, 6) is 0.841. The second-order valence-corrected chi connectivity index (χ2v) is 7.78. The first-order valence-corrected chi connectivity index (χ1v) is 7.43. The Morgan fingerprint density at radius 1 is 1.29 bits per heavy atom. The molecular formula is C13H26N2OS. The molecule has 0 saturated heterocycles. The van der Waals surface area contributed by atoms with Crippen molar-refractivity contribution in [3.05, 3.63) is 0 Å². The number of nitrogens with zero attached hydrogens (tertiary/aromatic N) is 1. The fraction of sp³-hybridized carbons (Fsp3) is 0.923. The molecule has 100 valence electrons. The third-order valence-corrected chi connectivity index (χ3v) is 4.57. The highest BCUT2D eigenvalue weighted by Gasteiger charge is 2.25. The average Bonchev–Trinajstić information content (AvgIpc) is 2.25. The molecule has 0 spiro atoms. The van der Waals surface area contributed by atoms with E-state index < -0.39 is 0 Å². The van der Waals surface area contributed by atoms with Gasteiger partial charge in [0.15, 0.2) is 0 Å². The number of carbonyl (C=O) groups excluding carboxylic acids is 1. The van der Waals surface area contributed by atoms with Crippen molar-refractivity contribution in [3.63, 3.8) is 0 Å². The molecule has 3 nitrogen and oxygen atoms in total. The normalized spacial score (nSPS) is 25.7. The predicted molar refractivity (Wildman–Crippen MR) is 75.2 cm³/mol. The zero-order valence-electron chi connectivity index (χ0n) is 11.5.